The Kier molecular flexibility index (Phi) is 5.35. The van der Waals surface area contributed by atoms with Gasteiger partial charge in [-0.3, -0.25) is 10.00 Å². The lowest BCUT2D eigenvalue weighted by Crippen LogP contribution is -2.54. The highest BCUT2D eigenvalue weighted by atomic mass is 16.5. The van der Waals surface area contributed by atoms with E-state index < -0.39 is 0 Å². The first-order valence-electron chi connectivity index (χ1n) is 12.2. The van der Waals surface area contributed by atoms with Crippen molar-refractivity contribution in [2.45, 2.75) is 26.2 Å². The summed E-state index contributed by atoms with van der Waals surface area (Å²) >= 11 is 0. The van der Waals surface area contributed by atoms with Gasteiger partial charge < -0.3 is 15.0 Å². The maximum atomic E-state index is 8.09. The molecule has 3 aliphatic heterocycles. The summed E-state index contributed by atoms with van der Waals surface area (Å²) < 4.78 is 6.13. The molecule has 2 N–H and O–H groups in total. The van der Waals surface area contributed by atoms with Crippen LogP contribution in [0.5, 0.6) is 6.01 Å². The zero-order valence-electron chi connectivity index (χ0n) is 19.6. The average Bonchev–Trinajstić information content (AvgIpc) is 3.58. The third-order valence-corrected chi connectivity index (χ3v) is 7.60. The molecule has 0 radical (unpaired) electrons. The Labute approximate surface area is 199 Å². The highest BCUT2D eigenvalue weighted by Gasteiger charge is 2.44. The molecule has 176 valence electrons. The van der Waals surface area contributed by atoms with Crippen LogP contribution in [0.1, 0.15) is 24.8 Å². The van der Waals surface area contributed by atoms with Gasteiger partial charge in [-0.15, -0.1) is 0 Å². The summed E-state index contributed by atoms with van der Waals surface area (Å²) in [7, 11) is 0. The third kappa shape index (κ3) is 3.67. The molecule has 0 unspecified atom stereocenters. The Morgan fingerprint density at radius 2 is 2.03 bits per heavy atom. The number of ether oxygens (including phenoxy) is 1. The molecule has 34 heavy (non-hydrogen) atoms. The smallest absolute Gasteiger partial charge is 0.316 e. The summed E-state index contributed by atoms with van der Waals surface area (Å²) in [5.74, 6) is 0.694. The number of H-pyrrole nitrogens is 1. The maximum Gasteiger partial charge on any atom is 0.316 e. The highest BCUT2D eigenvalue weighted by molar-refractivity contribution is 6.00. The summed E-state index contributed by atoms with van der Waals surface area (Å²) in [6.45, 7) is 17.7. The van der Waals surface area contributed by atoms with Crippen molar-refractivity contribution in [2.75, 3.05) is 57.3 Å². The van der Waals surface area contributed by atoms with E-state index in [1.165, 1.54) is 12.8 Å². The molecule has 1 aromatic carbocycles. The molecule has 3 saturated heterocycles. The van der Waals surface area contributed by atoms with Gasteiger partial charge in [0.15, 0.2) is 0 Å². The quantitative estimate of drug-likeness (QED) is 0.549. The van der Waals surface area contributed by atoms with Crippen LogP contribution < -0.4 is 15.0 Å². The van der Waals surface area contributed by atoms with E-state index >= 15 is 0 Å². The second-order valence-electron chi connectivity index (χ2n) is 9.90. The van der Waals surface area contributed by atoms with Gasteiger partial charge in [0.1, 0.15) is 12.4 Å². The number of hydrogen-bond donors (Lipinski definition) is 2. The molecular formula is C25H30N8O. The molecular weight excluding hydrogens is 428 g/mol. The van der Waals surface area contributed by atoms with Crippen molar-refractivity contribution in [3.05, 3.63) is 35.3 Å². The lowest BCUT2D eigenvalue weighted by atomic mass is 9.81. The molecule has 3 aliphatic rings. The van der Waals surface area contributed by atoms with Gasteiger partial charge in [-0.25, -0.2) is 9.83 Å². The fraction of sp³-hybridized carbons (Fsp3) is 0.520. The van der Waals surface area contributed by atoms with Crippen molar-refractivity contribution in [2.24, 2.45) is 5.41 Å². The zero-order chi connectivity index (χ0) is 23.1. The SMILES string of the molecule is [C-]#[N+]c1c(-c2c(C)ccc3[nH]ncc23)nc(OCCN2CCCC2)nc1N1CCC2(CNC2)C1. The minimum absolute atomic E-state index is 0.293. The van der Waals surface area contributed by atoms with Crippen LogP contribution in [0.2, 0.25) is 0 Å². The van der Waals surface area contributed by atoms with Gasteiger partial charge in [0.2, 0.25) is 0 Å². The largest absolute Gasteiger partial charge is 0.462 e. The van der Waals surface area contributed by atoms with Gasteiger partial charge in [0.25, 0.3) is 5.69 Å². The van der Waals surface area contributed by atoms with Gasteiger partial charge >= 0.3 is 6.01 Å². The number of hydrogen-bond acceptors (Lipinski definition) is 7. The van der Waals surface area contributed by atoms with Crippen molar-refractivity contribution in [3.8, 4) is 17.3 Å². The predicted molar refractivity (Wildman–Crippen MR) is 131 cm³/mol. The van der Waals surface area contributed by atoms with Crippen LogP contribution in [0.15, 0.2) is 18.3 Å². The Hall–Kier alpha value is -3.22. The summed E-state index contributed by atoms with van der Waals surface area (Å²) in [5.41, 5.74) is 4.31. The average molecular weight is 459 g/mol. The molecule has 0 amide bonds. The van der Waals surface area contributed by atoms with Gasteiger partial charge in [-0.1, -0.05) is 6.07 Å². The van der Waals surface area contributed by atoms with Crippen LogP contribution in [-0.4, -0.2) is 77.5 Å². The molecule has 9 heteroatoms. The van der Waals surface area contributed by atoms with Crippen LogP contribution in [0, 0.1) is 18.9 Å². The van der Waals surface area contributed by atoms with Crippen LogP contribution in [-0.2, 0) is 0 Å². The molecule has 6 rings (SSSR count). The molecule has 0 saturated carbocycles. The van der Waals surface area contributed by atoms with E-state index in [9.17, 15) is 0 Å². The lowest BCUT2D eigenvalue weighted by molar-refractivity contribution is 0.199. The van der Waals surface area contributed by atoms with E-state index in [4.69, 9.17) is 21.3 Å². The summed E-state index contributed by atoms with van der Waals surface area (Å²) in [6, 6.07) is 4.41. The summed E-state index contributed by atoms with van der Waals surface area (Å²) in [4.78, 5) is 18.3. The third-order valence-electron chi connectivity index (χ3n) is 7.60. The number of aromatic nitrogens is 4. The molecule has 0 aliphatic carbocycles. The van der Waals surface area contributed by atoms with Gasteiger partial charge in [0, 0.05) is 49.1 Å². The monoisotopic (exact) mass is 458 g/mol. The standard InChI is InChI=1S/C25H30N8O/c1-17-5-6-19-18(13-28-31-19)20(17)21-22(26-2)23(33-10-7-25(16-33)14-27-15-25)30-24(29-21)34-12-11-32-8-3-4-9-32/h5-6,13,27H,3-4,7-12,14-16H2,1H3,(H,28,31). The minimum Gasteiger partial charge on any atom is -0.462 e. The van der Waals surface area contributed by atoms with E-state index in [0.717, 1.165) is 74.3 Å². The van der Waals surface area contributed by atoms with Gasteiger partial charge in [0.05, 0.1) is 24.0 Å². The number of aryl methyl sites for hydroxylation is 1. The Morgan fingerprint density at radius 1 is 1.18 bits per heavy atom. The number of nitrogens with zero attached hydrogens (tertiary/aromatic N) is 6. The molecule has 1 spiro atoms. The van der Waals surface area contributed by atoms with Gasteiger partial charge in [-0.05, 0) is 50.9 Å². The van der Waals surface area contributed by atoms with Crippen LogP contribution in [0.3, 0.4) is 0 Å². The number of likely N-dealkylation sites (tertiary alicyclic amines) is 1. The number of fused-ring (bicyclic) bond motifs is 1. The maximum absolute atomic E-state index is 8.09. The zero-order valence-corrected chi connectivity index (χ0v) is 19.6. The molecule has 9 nitrogen and oxygen atoms in total. The van der Waals surface area contributed by atoms with Crippen molar-refractivity contribution in [3.63, 3.8) is 0 Å². The topological polar surface area (TPSA) is 86.6 Å². The first kappa shape index (κ1) is 21.3. The second-order valence-corrected chi connectivity index (χ2v) is 9.90. The van der Waals surface area contributed by atoms with E-state index in [2.05, 4.69) is 37.1 Å². The second kappa shape index (κ2) is 8.53. The molecule has 0 atom stereocenters. The highest BCUT2D eigenvalue weighted by Crippen LogP contribution is 2.45. The number of anilines is 1. The summed E-state index contributed by atoms with van der Waals surface area (Å²) in [5, 5.41) is 11.7. The van der Waals surface area contributed by atoms with Crippen molar-refractivity contribution in [1.82, 2.24) is 30.4 Å². The van der Waals surface area contributed by atoms with E-state index in [-0.39, 0.29) is 0 Å². The fourth-order valence-corrected chi connectivity index (χ4v) is 5.58. The minimum atomic E-state index is 0.293. The molecule has 2 aromatic heterocycles. The Morgan fingerprint density at radius 3 is 2.76 bits per heavy atom. The number of aromatic amines is 1. The first-order chi connectivity index (χ1) is 16.7. The molecule has 5 heterocycles. The fourth-order valence-electron chi connectivity index (χ4n) is 5.58. The van der Waals surface area contributed by atoms with Crippen LogP contribution >= 0.6 is 0 Å². The molecule has 3 aromatic rings. The molecule has 0 bridgehead atoms. The predicted octanol–water partition coefficient (Wildman–Crippen LogP) is 3.15. The number of benzene rings is 1. The van der Waals surface area contributed by atoms with Crippen molar-refractivity contribution in [1.29, 1.82) is 0 Å². The van der Waals surface area contributed by atoms with Crippen molar-refractivity contribution < 1.29 is 4.74 Å². The normalized spacial score (nSPS) is 19.6. The number of nitrogens with one attached hydrogen (secondary N) is 2. The van der Waals surface area contributed by atoms with Crippen molar-refractivity contribution >= 4 is 22.4 Å². The lowest BCUT2D eigenvalue weighted by Gasteiger charge is -2.39. The summed E-state index contributed by atoms with van der Waals surface area (Å²) in [6.07, 6.45) is 5.43. The number of rotatable bonds is 6. The van der Waals surface area contributed by atoms with E-state index in [0.29, 0.717) is 35.2 Å². The first-order valence-corrected chi connectivity index (χ1v) is 12.2. The Balaban J connectivity index is 1.42. The van der Waals surface area contributed by atoms with Crippen LogP contribution in [0.25, 0.3) is 27.0 Å². The Bertz CT molecular complexity index is 1250. The van der Waals surface area contributed by atoms with Crippen LogP contribution in [0.4, 0.5) is 11.5 Å². The molecule has 3 fully saturated rings. The van der Waals surface area contributed by atoms with E-state index in [1.54, 1.807) is 0 Å². The van der Waals surface area contributed by atoms with E-state index in [1.807, 2.05) is 18.3 Å². The van der Waals surface area contributed by atoms with Gasteiger partial charge in [-0.2, -0.15) is 10.1 Å².